The molecule has 0 bridgehead atoms. The van der Waals surface area contributed by atoms with Crippen molar-refractivity contribution in [3.8, 4) is 0 Å². The third kappa shape index (κ3) is 7.94. The van der Waals surface area contributed by atoms with Crippen molar-refractivity contribution in [1.82, 2.24) is 25.7 Å². The number of likely N-dealkylation sites (tertiary alicyclic amines) is 1. The van der Waals surface area contributed by atoms with E-state index in [0.717, 1.165) is 63.5 Å². The van der Waals surface area contributed by atoms with Crippen LogP contribution in [0, 0.1) is 6.92 Å². The maximum absolute atomic E-state index is 11.8. The SMILES string of the molecule is CCNC(=NCCCc1cn[nH]c1C)NC1CCN(C(=O)OCC)CC1.I. The number of carbonyl (C=O) groups is 1. The normalized spacial score (nSPS) is 15.2. The molecule has 3 N–H and O–H groups in total. The monoisotopic (exact) mass is 492 g/mol. The number of H-pyrrole nitrogens is 1. The van der Waals surface area contributed by atoms with Gasteiger partial charge in [0.15, 0.2) is 5.96 Å². The van der Waals surface area contributed by atoms with Gasteiger partial charge in [-0.2, -0.15) is 5.10 Å². The summed E-state index contributed by atoms with van der Waals surface area (Å²) in [6.07, 6.45) is 5.44. The van der Waals surface area contributed by atoms with Crippen LogP contribution in [0.3, 0.4) is 0 Å². The van der Waals surface area contributed by atoms with Gasteiger partial charge in [-0.05, 0) is 52.0 Å². The highest BCUT2D eigenvalue weighted by molar-refractivity contribution is 14.0. The molecule has 1 aliphatic heterocycles. The third-order valence-electron chi connectivity index (χ3n) is 4.51. The van der Waals surface area contributed by atoms with E-state index in [-0.39, 0.29) is 30.1 Å². The number of nitrogens with zero attached hydrogens (tertiary/aromatic N) is 3. The van der Waals surface area contributed by atoms with Crippen molar-refractivity contribution in [2.24, 2.45) is 4.99 Å². The van der Waals surface area contributed by atoms with E-state index in [1.807, 2.05) is 20.0 Å². The summed E-state index contributed by atoms with van der Waals surface area (Å²) in [6.45, 7) is 9.39. The van der Waals surface area contributed by atoms with E-state index in [9.17, 15) is 4.79 Å². The number of aromatic amines is 1. The number of halogens is 1. The zero-order chi connectivity index (χ0) is 18.8. The molecule has 27 heavy (non-hydrogen) atoms. The van der Waals surface area contributed by atoms with Gasteiger partial charge in [-0.3, -0.25) is 10.1 Å². The average Bonchev–Trinajstić information content (AvgIpc) is 3.04. The van der Waals surface area contributed by atoms with Gasteiger partial charge in [0.25, 0.3) is 0 Å². The molecule has 8 nitrogen and oxygen atoms in total. The Morgan fingerprint density at radius 2 is 2.15 bits per heavy atom. The fourth-order valence-corrected chi connectivity index (χ4v) is 3.02. The molecule has 0 atom stereocenters. The average molecular weight is 492 g/mol. The van der Waals surface area contributed by atoms with Crippen LogP contribution < -0.4 is 10.6 Å². The molecule has 1 amide bonds. The molecule has 2 rings (SSSR count). The fraction of sp³-hybridized carbons (Fsp3) is 0.722. The summed E-state index contributed by atoms with van der Waals surface area (Å²) in [5, 5.41) is 13.8. The minimum absolute atomic E-state index is 0. The highest BCUT2D eigenvalue weighted by Gasteiger charge is 2.23. The second kappa shape index (κ2) is 12.8. The minimum Gasteiger partial charge on any atom is -0.450 e. The van der Waals surface area contributed by atoms with E-state index in [2.05, 4.69) is 32.7 Å². The fourth-order valence-electron chi connectivity index (χ4n) is 3.02. The summed E-state index contributed by atoms with van der Waals surface area (Å²) >= 11 is 0. The van der Waals surface area contributed by atoms with Crippen molar-refractivity contribution >= 4 is 36.0 Å². The van der Waals surface area contributed by atoms with Crippen molar-refractivity contribution in [3.05, 3.63) is 17.5 Å². The second-order valence-corrected chi connectivity index (χ2v) is 6.49. The van der Waals surface area contributed by atoms with Crippen LogP contribution in [0.25, 0.3) is 0 Å². The predicted molar refractivity (Wildman–Crippen MR) is 118 cm³/mol. The van der Waals surface area contributed by atoms with E-state index < -0.39 is 0 Å². The topological polar surface area (TPSA) is 94.6 Å². The van der Waals surface area contributed by atoms with Crippen LogP contribution in [0.15, 0.2) is 11.2 Å². The summed E-state index contributed by atoms with van der Waals surface area (Å²) in [7, 11) is 0. The zero-order valence-electron chi connectivity index (χ0n) is 16.6. The first kappa shape index (κ1) is 23.5. The molecular formula is C18H33IN6O2. The lowest BCUT2D eigenvalue weighted by atomic mass is 10.1. The summed E-state index contributed by atoms with van der Waals surface area (Å²) < 4.78 is 5.06. The first-order valence-corrected chi connectivity index (χ1v) is 9.59. The van der Waals surface area contributed by atoms with Gasteiger partial charge >= 0.3 is 6.09 Å². The number of guanidine groups is 1. The van der Waals surface area contributed by atoms with Gasteiger partial charge in [0.2, 0.25) is 0 Å². The van der Waals surface area contributed by atoms with Crippen LogP contribution in [0.2, 0.25) is 0 Å². The Labute approximate surface area is 178 Å². The zero-order valence-corrected chi connectivity index (χ0v) is 18.9. The number of nitrogens with one attached hydrogen (secondary N) is 3. The lowest BCUT2D eigenvalue weighted by Gasteiger charge is -2.32. The maximum Gasteiger partial charge on any atom is 0.409 e. The van der Waals surface area contributed by atoms with E-state index in [1.165, 1.54) is 5.56 Å². The summed E-state index contributed by atoms with van der Waals surface area (Å²) in [5.74, 6) is 0.853. The molecule has 1 aromatic heterocycles. The smallest absolute Gasteiger partial charge is 0.409 e. The van der Waals surface area contributed by atoms with Gasteiger partial charge in [0.1, 0.15) is 0 Å². The third-order valence-corrected chi connectivity index (χ3v) is 4.51. The Morgan fingerprint density at radius 1 is 1.41 bits per heavy atom. The number of aromatic nitrogens is 2. The van der Waals surface area contributed by atoms with Gasteiger partial charge in [-0.15, -0.1) is 24.0 Å². The largest absolute Gasteiger partial charge is 0.450 e. The van der Waals surface area contributed by atoms with E-state index in [1.54, 1.807) is 4.90 Å². The number of amides is 1. The van der Waals surface area contributed by atoms with Crippen LogP contribution >= 0.6 is 24.0 Å². The van der Waals surface area contributed by atoms with Gasteiger partial charge in [0, 0.05) is 37.9 Å². The molecule has 0 spiro atoms. The second-order valence-electron chi connectivity index (χ2n) is 6.49. The summed E-state index contributed by atoms with van der Waals surface area (Å²) in [5.41, 5.74) is 2.39. The number of piperidine rings is 1. The lowest BCUT2D eigenvalue weighted by Crippen LogP contribution is -2.49. The molecule has 1 fully saturated rings. The quantitative estimate of drug-likeness (QED) is 0.235. The first-order valence-electron chi connectivity index (χ1n) is 9.59. The molecule has 1 aliphatic rings. The summed E-state index contributed by atoms with van der Waals surface area (Å²) in [4.78, 5) is 18.2. The van der Waals surface area contributed by atoms with Crippen molar-refractivity contribution in [3.63, 3.8) is 0 Å². The standard InChI is InChI=1S/C18H32N6O2.HI/c1-4-19-17(20-10-6-7-15-13-21-23-14(15)3)22-16-8-11-24(12-9-16)18(25)26-5-2;/h13,16H,4-12H2,1-3H3,(H,21,23)(H2,19,20,22);1H. The number of rotatable bonds is 7. The van der Waals surface area contributed by atoms with Crippen molar-refractivity contribution in [2.45, 2.75) is 52.5 Å². The Kier molecular flexibility index (Phi) is 11.1. The van der Waals surface area contributed by atoms with Gasteiger partial charge in [-0.1, -0.05) is 0 Å². The maximum atomic E-state index is 11.8. The van der Waals surface area contributed by atoms with Crippen molar-refractivity contribution in [1.29, 1.82) is 0 Å². The molecule has 0 aromatic carbocycles. The van der Waals surface area contributed by atoms with Gasteiger partial charge in [-0.25, -0.2) is 4.79 Å². The Bertz CT molecular complexity index is 584. The number of hydrogen-bond donors (Lipinski definition) is 3. The Balaban J connectivity index is 0.00000364. The highest BCUT2D eigenvalue weighted by Crippen LogP contribution is 2.11. The minimum atomic E-state index is -0.207. The number of hydrogen-bond acceptors (Lipinski definition) is 4. The number of aryl methyl sites for hydroxylation is 2. The van der Waals surface area contributed by atoms with E-state index in [0.29, 0.717) is 12.6 Å². The molecule has 154 valence electrons. The van der Waals surface area contributed by atoms with Crippen LogP contribution in [-0.4, -0.2) is 66.0 Å². The molecule has 0 unspecified atom stereocenters. The molecule has 1 aromatic rings. The Hall–Kier alpha value is -1.52. The first-order chi connectivity index (χ1) is 12.6. The molecule has 0 saturated carbocycles. The van der Waals surface area contributed by atoms with E-state index >= 15 is 0 Å². The number of ether oxygens (including phenoxy) is 1. The van der Waals surface area contributed by atoms with Crippen LogP contribution in [0.4, 0.5) is 4.79 Å². The Morgan fingerprint density at radius 3 is 2.74 bits per heavy atom. The van der Waals surface area contributed by atoms with Crippen LogP contribution in [-0.2, 0) is 11.2 Å². The molecule has 0 radical (unpaired) electrons. The molecule has 2 heterocycles. The van der Waals surface area contributed by atoms with Crippen molar-refractivity contribution in [2.75, 3.05) is 32.8 Å². The van der Waals surface area contributed by atoms with Crippen molar-refractivity contribution < 1.29 is 9.53 Å². The van der Waals surface area contributed by atoms with Gasteiger partial charge in [0.05, 0.1) is 12.8 Å². The van der Waals surface area contributed by atoms with E-state index in [4.69, 9.17) is 4.74 Å². The summed E-state index contributed by atoms with van der Waals surface area (Å²) in [6, 6.07) is 0.328. The highest BCUT2D eigenvalue weighted by atomic mass is 127. The van der Waals surface area contributed by atoms with Gasteiger partial charge < -0.3 is 20.3 Å². The molecule has 0 aliphatic carbocycles. The predicted octanol–water partition coefficient (Wildman–Crippen LogP) is 2.44. The lowest BCUT2D eigenvalue weighted by molar-refractivity contribution is 0.0963. The van der Waals surface area contributed by atoms with Crippen LogP contribution in [0.1, 0.15) is 44.4 Å². The molecular weight excluding hydrogens is 459 g/mol. The van der Waals surface area contributed by atoms with Crippen LogP contribution in [0.5, 0.6) is 0 Å². The number of aliphatic imine (C=N–C) groups is 1. The number of carbonyl (C=O) groups excluding carboxylic acids is 1. The molecule has 1 saturated heterocycles. The molecule has 9 heteroatoms.